The minimum Gasteiger partial charge on any atom is -0.467 e. The Hall–Kier alpha value is -1.38. The van der Waals surface area contributed by atoms with Crippen molar-refractivity contribution in [2.24, 2.45) is 0 Å². The lowest BCUT2D eigenvalue weighted by Crippen LogP contribution is -2.22. The molecule has 5 heteroatoms. The van der Waals surface area contributed by atoms with Crippen LogP contribution in [0.2, 0.25) is 25.7 Å². The van der Waals surface area contributed by atoms with Crippen LogP contribution in [0.25, 0.3) is 0 Å². The molecular formula is C13H18FNO2Si. The molecule has 1 rings (SSSR count). The van der Waals surface area contributed by atoms with Crippen molar-refractivity contribution in [1.29, 1.82) is 5.26 Å². The van der Waals surface area contributed by atoms with Crippen LogP contribution in [-0.4, -0.2) is 21.5 Å². The summed E-state index contributed by atoms with van der Waals surface area (Å²) in [5.41, 5.74) is 0.0157. The molecule has 0 aliphatic heterocycles. The first-order valence-corrected chi connectivity index (χ1v) is 9.53. The van der Waals surface area contributed by atoms with E-state index in [1.54, 1.807) is 12.1 Å². The zero-order chi connectivity index (χ0) is 13.6. The summed E-state index contributed by atoms with van der Waals surface area (Å²) in [6.07, 6.45) is 0. The van der Waals surface area contributed by atoms with Gasteiger partial charge < -0.3 is 9.47 Å². The van der Waals surface area contributed by atoms with Gasteiger partial charge in [-0.25, -0.2) is 4.39 Å². The summed E-state index contributed by atoms with van der Waals surface area (Å²) in [7, 11) is -1.08. The Morgan fingerprint density at radius 2 is 2.06 bits per heavy atom. The van der Waals surface area contributed by atoms with Crippen LogP contribution in [0.1, 0.15) is 5.56 Å². The van der Waals surface area contributed by atoms with Gasteiger partial charge in [-0.2, -0.15) is 5.26 Å². The third-order valence-electron chi connectivity index (χ3n) is 2.37. The molecule has 0 spiro atoms. The van der Waals surface area contributed by atoms with Gasteiger partial charge >= 0.3 is 0 Å². The summed E-state index contributed by atoms with van der Waals surface area (Å²) in [4.78, 5) is 0. The SMILES string of the molecule is C[Si](C)(C)CCOCOc1ccc(C#N)c(F)c1. The van der Waals surface area contributed by atoms with Crippen molar-refractivity contribution >= 4 is 8.07 Å². The summed E-state index contributed by atoms with van der Waals surface area (Å²) in [5.74, 6) is -0.198. The highest BCUT2D eigenvalue weighted by atomic mass is 28.3. The van der Waals surface area contributed by atoms with Crippen LogP contribution >= 0.6 is 0 Å². The molecular weight excluding hydrogens is 249 g/mol. The van der Waals surface area contributed by atoms with Crippen molar-refractivity contribution in [3.8, 4) is 11.8 Å². The zero-order valence-corrected chi connectivity index (χ0v) is 12.0. The first-order chi connectivity index (χ1) is 8.42. The Kier molecular flexibility index (Phi) is 5.32. The number of halogens is 1. The third-order valence-corrected chi connectivity index (χ3v) is 4.07. The number of nitriles is 1. The van der Waals surface area contributed by atoms with E-state index in [-0.39, 0.29) is 12.4 Å². The van der Waals surface area contributed by atoms with Crippen molar-refractivity contribution in [1.82, 2.24) is 0 Å². The predicted molar refractivity (Wildman–Crippen MR) is 70.7 cm³/mol. The fraction of sp³-hybridized carbons (Fsp3) is 0.462. The van der Waals surface area contributed by atoms with Crippen LogP contribution < -0.4 is 4.74 Å². The van der Waals surface area contributed by atoms with E-state index in [0.29, 0.717) is 12.4 Å². The second-order valence-electron chi connectivity index (χ2n) is 5.23. The smallest absolute Gasteiger partial charge is 0.189 e. The van der Waals surface area contributed by atoms with E-state index in [2.05, 4.69) is 19.6 Å². The van der Waals surface area contributed by atoms with E-state index in [4.69, 9.17) is 14.7 Å². The van der Waals surface area contributed by atoms with Crippen LogP contribution in [0.5, 0.6) is 5.75 Å². The van der Waals surface area contributed by atoms with E-state index < -0.39 is 13.9 Å². The van der Waals surface area contributed by atoms with Crippen molar-refractivity contribution in [2.45, 2.75) is 25.7 Å². The monoisotopic (exact) mass is 267 g/mol. The maximum absolute atomic E-state index is 13.2. The number of nitrogens with zero attached hydrogens (tertiary/aromatic N) is 1. The molecule has 0 saturated carbocycles. The Labute approximate surface area is 108 Å². The molecule has 0 aliphatic rings. The lowest BCUT2D eigenvalue weighted by Gasteiger charge is -2.15. The van der Waals surface area contributed by atoms with Gasteiger partial charge in [-0.3, -0.25) is 0 Å². The normalized spacial score (nSPS) is 11.1. The van der Waals surface area contributed by atoms with Crippen molar-refractivity contribution in [3.63, 3.8) is 0 Å². The molecule has 0 bridgehead atoms. The first kappa shape index (κ1) is 14.7. The van der Waals surface area contributed by atoms with Gasteiger partial charge in [-0.05, 0) is 18.2 Å². The van der Waals surface area contributed by atoms with Crippen LogP contribution in [-0.2, 0) is 4.74 Å². The first-order valence-electron chi connectivity index (χ1n) is 5.82. The van der Waals surface area contributed by atoms with Gasteiger partial charge in [0.1, 0.15) is 17.6 Å². The van der Waals surface area contributed by atoms with E-state index in [9.17, 15) is 4.39 Å². The number of hydrogen-bond acceptors (Lipinski definition) is 3. The molecule has 98 valence electrons. The van der Waals surface area contributed by atoms with Crippen molar-refractivity contribution in [2.75, 3.05) is 13.4 Å². The predicted octanol–water partition coefficient (Wildman–Crippen LogP) is 3.39. The summed E-state index contributed by atoms with van der Waals surface area (Å²) >= 11 is 0. The van der Waals surface area contributed by atoms with E-state index in [1.165, 1.54) is 12.1 Å². The van der Waals surface area contributed by atoms with Gasteiger partial charge in [0.2, 0.25) is 0 Å². The molecule has 3 nitrogen and oxygen atoms in total. The maximum Gasteiger partial charge on any atom is 0.189 e. The minimum atomic E-state index is -1.08. The van der Waals surface area contributed by atoms with Crippen LogP contribution in [0.3, 0.4) is 0 Å². The molecule has 0 radical (unpaired) electrons. The number of benzene rings is 1. The second-order valence-corrected chi connectivity index (χ2v) is 10.9. The second kappa shape index (κ2) is 6.52. The fourth-order valence-corrected chi connectivity index (χ4v) is 1.98. The molecule has 0 atom stereocenters. The molecule has 0 saturated heterocycles. The van der Waals surface area contributed by atoms with Gasteiger partial charge in [-0.15, -0.1) is 0 Å². The highest BCUT2D eigenvalue weighted by Crippen LogP contribution is 2.16. The van der Waals surface area contributed by atoms with E-state index >= 15 is 0 Å². The zero-order valence-electron chi connectivity index (χ0n) is 11.0. The summed E-state index contributed by atoms with van der Waals surface area (Å²) in [5, 5.41) is 8.58. The molecule has 0 heterocycles. The average Bonchev–Trinajstić information content (AvgIpc) is 2.27. The Morgan fingerprint density at radius 3 is 2.61 bits per heavy atom. The molecule has 0 amide bonds. The molecule has 0 unspecified atom stereocenters. The van der Waals surface area contributed by atoms with E-state index in [1.807, 2.05) is 0 Å². The molecule has 0 aromatic heterocycles. The van der Waals surface area contributed by atoms with Crippen LogP contribution in [0.4, 0.5) is 4.39 Å². The van der Waals surface area contributed by atoms with Crippen LogP contribution in [0.15, 0.2) is 18.2 Å². The Balaban J connectivity index is 2.32. The summed E-state index contributed by atoms with van der Waals surface area (Å²) < 4.78 is 23.8. The number of ether oxygens (including phenoxy) is 2. The number of rotatable bonds is 6. The third kappa shape index (κ3) is 5.30. The summed E-state index contributed by atoms with van der Waals surface area (Å²) in [6.45, 7) is 7.58. The molecule has 0 N–H and O–H groups in total. The molecule has 18 heavy (non-hydrogen) atoms. The Bertz CT molecular complexity index is 438. The lowest BCUT2D eigenvalue weighted by atomic mass is 10.2. The van der Waals surface area contributed by atoms with Gasteiger partial charge in [-0.1, -0.05) is 19.6 Å². The quantitative estimate of drug-likeness (QED) is 0.451. The van der Waals surface area contributed by atoms with Crippen molar-refractivity contribution in [3.05, 3.63) is 29.6 Å². The Morgan fingerprint density at radius 1 is 1.33 bits per heavy atom. The molecule has 0 fully saturated rings. The average molecular weight is 267 g/mol. The largest absolute Gasteiger partial charge is 0.467 e. The maximum atomic E-state index is 13.2. The molecule has 1 aromatic carbocycles. The highest BCUT2D eigenvalue weighted by molar-refractivity contribution is 6.76. The van der Waals surface area contributed by atoms with Crippen molar-refractivity contribution < 1.29 is 13.9 Å². The van der Waals surface area contributed by atoms with Gasteiger partial charge in [0.05, 0.1) is 5.56 Å². The van der Waals surface area contributed by atoms with E-state index in [0.717, 1.165) is 6.04 Å². The minimum absolute atomic E-state index is 0.0157. The van der Waals surface area contributed by atoms with Gasteiger partial charge in [0.15, 0.2) is 6.79 Å². The standard InChI is InChI=1S/C13H18FNO2Si/c1-18(2,3)7-6-16-10-17-12-5-4-11(9-15)13(14)8-12/h4-5,8H,6-7,10H2,1-3H3. The molecule has 1 aromatic rings. The van der Waals surface area contributed by atoms with Crippen LogP contribution in [0, 0.1) is 17.1 Å². The topological polar surface area (TPSA) is 42.2 Å². The number of hydrogen-bond donors (Lipinski definition) is 0. The molecule has 0 aliphatic carbocycles. The summed E-state index contributed by atoms with van der Waals surface area (Å²) in [6, 6.07) is 6.98. The highest BCUT2D eigenvalue weighted by Gasteiger charge is 2.12. The fourth-order valence-electron chi connectivity index (χ4n) is 1.22. The van der Waals surface area contributed by atoms with Gasteiger partial charge in [0, 0.05) is 20.7 Å². The van der Waals surface area contributed by atoms with Gasteiger partial charge in [0.25, 0.3) is 0 Å². The lowest BCUT2D eigenvalue weighted by molar-refractivity contribution is 0.0219.